The van der Waals surface area contributed by atoms with E-state index in [4.69, 9.17) is 5.26 Å². The van der Waals surface area contributed by atoms with E-state index in [9.17, 15) is 9.59 Å². The highest BCUT2D eigenvalue weighted by molar-refractivity contribution is 7.13. The summed E-state index contributed by atoms with van der Waals surface area (Å²) in [5.41, 5.74) is 2.77. The zero-order valence-corrected chi connectivity index (χ0v) is 15.9. The Balaban J connectivity index is 2.07. The van der Waals surface area contributed by atoms with Gasteiger partial charge in [0.2, 0.25) is 5.91 Å². The van der Waals surface area contributed by atoms with Crippen molar-refractivity contribution in [3.8, 4) is 6.07 Å². The number of carbonyl (C=O) groups excluding carboxylic acids is 1. The number of nitrogens with one attached hydrogen (secondary N) is 2. The van der Waals surface area contributed by atoms with Gasteiger partial charge in [0.1, 0.15) is 11.6 Å². The number of nitrogens with zero attached hydrogens (tertiary/aromatic N) is 2. The second-order valence-electron chi connectivity index (χ2n) is 7.01. The minimum atomic E-state index is -0.386. The first kappa shape index (κ1) is 18.9. The number of H-pyrrole nitrogens is 1. The van der Waals surface area contributed by atoms with Gasteiger partial charge in [-0.2, -0.15) is 5.26 Å². The van der Waals surface area contributed by atoms with E-state index in [1.807, 2.05) is 11.4 Å². The largest absolute Gasteiger partial charge is 0.325 e. The van der Waals surface area contributed by atoms with E-state index >= 15 is 0 Å². The molecule has 0 aromatic carbocycles. The molecule has 0 aliphatic carbocycles. The third-order valence-electron chi connectivity index (χ3n) is 4.04. The zero-order chi connectivity index (χ0) is 18.8. The van der Waals surface area contributed by atoms with Crippen LogP contribution in [0.15, 0.2) is 10.2 Å². The summed E-state index contributed by atoms with van der Waals surface area (Å²) in [6.07, 6.45) is 0.704. The number of pyridine rings is 1. The monoisotopic (exact) mass is 358 g/mol. The van der Waals surface area contributed by atoms with Crippen LogP contribution in [0.3, 0.4) is 0 Å². The molecule has 0 aliphatic heterocycles. The van der Waals surface area contributed by atoms with Crippen molar-refractivity contribution >= 4 is 22.4 Å². The van der Waals surface area contributed by atoms with Crippen molar-refractivity contribution in [2.75, 3.05) is 5.32 Å². The molecule has 0 aliphatic rings. The van der Waals surface area contributed by atoms with Crippen LogP contribution in [0, 0.1) is 25.2 Å². The zero-order valence-electron chi connectivity index (χ0n) is 15.1. The van der Waals surface area contributed by atoms with Crippen molar-refractivity contribution in [3.63, 3.8) is 0 Å². The van der Waals surface area contributed by atoms with E-state index < -0.39 is 0 Å². The molecule has 0 spiro atoms. The first-order valence-corrected chi connectivity index (χ1v) is 8.89. The van der Waals surface area contributed by atoms with Crippen LogP contribution in [0.25, 0.3) is 0 Å². The number of hydrogen-bond donors (Lipinski definition) is 2. The summed E-state index contributed by atoms with van der Waals surface area (Å²) >= 11 is 1.41. The van der Waals surface area contributed by atoms with Gasteiger partial charge in [-0.15, -0.1) is 11.3 Å². The maximum absolute atomic E-state index is 12.2. The maximum atomic E-state index is 12.2. The molecule has 0 saturated carbocycles. The Kier molecular flexibility index (Phi) is 5.43. The van der Waals surface area contributed by atoms with E-state index in [1.165, 1.54) is 11.3 Å². The minimum absolute atomic E-state index is 0.0582. The first-order chi connectivity index (χ1) is 11.6. The molecule has 0 radical (unpaired) electrons. The second-order valence-corrected chi connectivity index (χ2v) is 7.86. The molecule has 2 heterocycles. The van der Waals surface area contributed by atoms with Crippen LogP contribution in [0.2, 0.25) is 0 Å². The summed E-state index contributed by atoms with van der Waals surface area (Å²) in [6, 6.07) is 1.92. The minimum Gasteiger partial charge on any atom is -0.325 e. The molecule has 2 aromatic heterocycles. The first-order valence-electron chi connectivity index (χ1n) is 8.01. The molecule has 6 nitrogen and oxygen atoms in total. The highest BCUT2D eigenvalue weighted by Crippen LogP contribution is 2.26. The molecular weight excluding hydrogens is 336 g/mol. The smallest absolute Gasteiger partial charge is 0.266 e. The summed E-state index contributed by atoms with van der Waals surface area (Å²) in [4.78, 5) is 31.1. The molecule has 132 valence electrons. The number of aryl methyl sites for hydroxylation is 1. The van der Waals surface area contributed by atoms with Crippen molar-refractivity contribution in [2.45, 2.75) is 52.9 Å². The van der Waals surface area contributed by atoms with E-state index in [0.29, 0.717) is 22.8 Å². The fourth-order valence-electron chi connectivity index (χ4n) is 2.52. The van der Waals surface area contributed by atoms with Gasteiger partial charge in [-0.05, 0) is 31.4 Å². The Morgan fingerprint density at radius 2 is 2.08 bits per heavy atom. The van der Waals surface area contributed by atoms with Gasteiger partial charge in [-0.25, -0.2) is 4.98 Å². The van der Waals surface area contributed by atoms with Crippen LogP contribution in [0.5, 0.6) is 0 Å². The van der Waals surface area contributed by atoms with Crippen LogP contribution < -0.4 is 10.9 Å². The standard InChI is InChI=1S/C18H22N4O2S/c1-10-12(11(2)20-16(24)13(10)8-19)6-7-15(23)22-17-21-14(9-25-17)18(3,4)5/h9H,6-7H2,1-5H3,(H,20,24)(H,21,22,23). The number of anilines is 1. The molecule has 25 heavy (non-hydrogen) atoms. The van der Waals surface area contributed by atoms with Crippen LogP contribution in [-0.2, 0) is 16.6 Å². The fourth-order valence-corrected chi connectivity index (χ4v) is 3.47. The summed E-state index contributed by atoms with van der Waals surface area (Å²) in [7, 11) is 0. The Bertz CT molecular complexity index is 897. The molecule has 7 heteroatoms. The molecule has 0 saturated heterocycles. The lowest BCUT2D eigenvalue weighted by Gasteiger charge is -2.14. The molecule has 0 unspecified atom stereocenters. The number of aromatic nitrogens is 2. The third kappa shape index (κ3) is 4.34. The van der Waals surface area contributed by atoms with Crippen LogP contribution in [-0.4, -0.2) is 15.9 Å². The number of hydrogen-bond acceptors (Lipinski definition) is 5. The average molecular weight is 358 g/mol. The van der Waals surface area contributed by atoms with Crippen molar-refractivity contribution in [1.29, 1.82) is 5.26 Å². The van der Waals surface area contributed by atoms with Gasteiger partial charge in [0.25, 0.3) is 5.56 Å². The molecule has 0 atom stereocenters. The normalized spacial score (nSPS) is 11.2. The summed E-state index contributed by atoms with van der Waals surface area (Å²) in [5, 5.41) is 14.4. The van der Waals surface area contributed by atoms with Crippen LogP contribution in [0.1, 0.15) is 55.3 Å². The average Bonchev–Trinajstić information content (AvgIpc) is 2.95. The van der Waals surface area contributed by atoms with Gasteiger partial charge in [0.05, 0.1) is 5.69 Å². The number of carbonyl (C=O) groups is 1. The Morgan fingerprint density at radius 3 is 2.64 bits per heavy atom. The van der Waals surface area contributed by atoms with Gasteiger partial charge in [-0.1, -0.05) is 20.8 Å². The summed E-state index contributed by atoms with van der Waals surface area (Å²) in [6.45, 7) is 9.73. The van der Waals surface area contributed by atoms with Gasteiger partial charge >= 0.3 is 0 Å². The number of amides is 1. The number of nitriles is 1. The SMILES string of the molecule is Cc1[nH]c(=O)c(C#N)c(C)c1CCC(=O)Nc1nc(C(C)(C)C)cs1. The molecule has 0 fully saturated rings. The highest BCUT2D eigenvalue weighted by Gasteiger charge is 2.18. The number of rotatable bonds is 4. The lowest BCUT2D eigenvalue weighted by Crippen LogP contribution is -2.18. The van der Waals surface area contributed by atoms with Crippen molar-refractivity contribution in [3.05, 3.63) is 43.8 Å². The van der Waals surface area contributed by atoms with Crippen LogP contribution in [0.4, 0.5) is 5.13 Å². The van der Waals surface area contributed by atoms with E-state index in [0.717, 1.165) is 11.3 Å². The maximum Gasteiger partial charge on any atom is 0.266 e. The predicted octanol–water partition coefficient (Wildman–Crippen LogP) is 3.19. The lowest BCUT2D eigenvalue weighted by molar-refractivity contribution is -0.116. The van der Waals surface area contributed by atoms with Crippen LogP contribution >= 0.6 is 11.3 Å². The third-order valence-corrected chi connectivity index (χ3v) is 4.80. The van der Waals surface area contributed by atoms with Gasteiger partial charge in [0.15, 0.2) is 5.13 Å². The van der Waals surface area contributed by atoms with Gasteiger partial charge in [-0.3, -0.25) is 9.59 Å². The number of thiazole rings is 1. The molecule has 1 amide bonds. The van der Waals surface area contributed by atoms with E-state index in [1.54, 1.807) is 13.8 Å². The quantitative estimate of drug-likeness (QED) is 0.877. The van der Waals surface area contributed by atoms with Gasteiger partial charge in [0, 0.05) is 22.9 Å². The number of aromatic amines is 1. The predicted molar refractivity (Wildman–Crippen MR) is 99.0 cm³/mol. The molecule has 2 rings (SSSR count). The summed E-state index contributed by atoms with van der Waals surface area (Å²) in [5.74, 6) is -0.140. The van der Waals surface area contributed by atoms with Gasteiger partial charge < -0.3 is 10.3 Å². The van der Waals surface area contributed by atoms with E-state index in [2.05, 4.69) is 36.1 Å². The molecular formula is C18H22N4O2S. The molecule has 0 bridgehead atoms. The molecule has 2 N–H and O–H groups in total. The topological polar surface area (TPSA) is 98.6 Å². The van der Waals surface area contributed by atoms with Crippen molar-refractivity contribution in [1.82, 2.24) is 9.97 Å². The summed E-state index contributed by atoms with van der Waals surface area (Å²) < 4.78 is 0. The van der Waals surface area contributed by atoms with E-state index in [-0.39, 0.29) is 28.9 Å². The molecule has 2 aromatic rings. The van der Waals surface area contributed by atoms with Crippen molar-refractivity contribution < 1.29 is 4.79 Å². The fraction of sp³-hybridized carbons (Fsp3) is 0.444. The highest BCUT2D eigenvalue weighted by atomic mass is 32.1. The second kappa shape index (κ2) is 7.19. The Morgan fingerprint density at radius 1 is 1.40 bits per heavy atom. The van der Waals surface area contributed by atoms with Crippen molar-refractivity contribution in [2.24, 2.45) is 0 Å². The Labute approximate surface area is 150 Å². The lowest BCUT2D eigenvalue weighted by atomic mass is 9.93. The Hall–Kier alpha value is -2.46.